The van der Waals surface area contributed by atoms with Gasteiger partial charge in [0.1, 0.15) is 11.3 Å². The highest BCUT2D eigenvalue weighted by molar-refractivity contribution is 5.86. The predicted octanol–water partition coefficient (Wildman–Crippen LogP) is 1.08. The van der Waals surface area contributed by atoms with Crippen LogP contribution in [0.1, 0.15) is 0 Å². The molecule has 4 nitrogen and oxygen atoms in total. The third-order valence-electron chi connectivity index (χ3n) is 1.74. The van der Waals surface area contributed by atoms with Gasteiger partial charge < -0.3 is 15.3 Å². The normalized spacial score (nSPS) is 10.5. The monoisotopic (exact) mass is 177 g/mol. The van der Waals surface area contributed by atoms with Gasteiger partial charge in [-0.25, -0.2) is 4.79 Å². The fourth-order valence-corrected chi connectivity index (χ4v) is 1.18. The molecule has 3 N–H and O–H groups in total. The minimum atomic E-state index is -0.461. The molecule has 0 amide bonds. The van der Waals surface area contributed by atoms with E-state index in [9.17, 15) is 9.90 Å². The van der Waals surface area contributed by atoms with Crippen LogP contribution in [0.2, 0.25) is 0 Å². The van der Waals surface area contributed by atoms with Gasteiger partial charge in [0, 0.05) is 23.9 Å². The van der Waals surface area contributed by atoms with Crippen LogP contribution in [-0.2, 0) is 0 Å². The van der Waals surface area contributed by atoms with E-state index in [1.165, 1.54) is 24.3 Å². The standard InChI is InChI=1S/C9H7NO3/c10-5-3-7(11)6-1-2-9(12)13-8(6)4-5/h1-4,11H,10H2. The Bertz CT molecular complexity index is 516. The van der Waals surface area contributed by atoms with E-state index in [1.807, 2.05) is 0 Å². The highest BCUT2D eigenvalue weighted by Gasteiger charge is 2.03. The van der Waals surface area contributed by atoms with E-state index in [4.69, 9.17) is 10.2 Å². The number of phenols is 1. The molecule has 0 bridgehead atoms. The quantitative estimate of drug-likeness (QED) is 0.466. The van der Waals surface area contributed by atoms with Crippen molar-refractivity contribution in [1.29, 1.82) is 0 Å². The third-order valence-corrected chi connectivity index (χ3v) is 1.74. The largest absolute Gasteiger partial charge is 0.507 e. The SMILES string of the molecule is Nc1cc(O)c2ccc(=O)oc2c1. The lowest BCUT2D eigenvalue weighted by molar-refractivity contribution is 0.479. The summed E-state index contributed by atoms with van der Waals surface area (Å²) in [4.78, 5) is 10.8. The van der Waals surface area contributed by atoms with Crippen LogP contribution < -0.4 is 11.4 Å². The zero-order valence-corrected chi connectivity index (χ0v) is 6.65. The Morgan fingerprint density at radius 2 is 2.08 bits per heavy atom. The first-order valence-corrected chi connectivity index (χ1v) is 3.69. The number of aromatic hydroxyl groups is 1. The molecule has 0 aliphatic heterocycles. The molecule has 0 fully saturated rings. The van der Waals surface area contributed by atoms with Gasteiger partial charge >= 0.3 is 5.63 Å². The zero-order chi connectivity index (χ0) is 9.42. The number of anilines is 1. The molecule has 0 saturated heterocycles. The van der Waals surface area contributed by atoms with Crippen molar-refractivity contribution in [3.8, 4) is 5.75 Å². The van der Waals surface area contributed by atoms with E-state index in [0.29, 0.717) is 16.7 Å². The van der Waals surface area contributed by atoms with Crippen LogP contribution in [0.4, 0.5) is 5.69 Å². The Morgan fingerprint density at radius 1 is 1.31 bits per heavy atom. The second-order valence-electron chi connectivity index (χ2n) is 2.71. The fraction of sp³-hybridized carbons (Fsp3) is 0. The third kappa shape index (κ3) is 1.22. The summed E-state index contributed by atoms with van der Waals surface area (Å²) in [6, 6.07) is 5.65. The number of rotatable bonds is 0. The molecule has 1 aromatic heterocycles. The average molecular weight is 177 g/mol. The number of hydrogen-bond donors (Lipinski definition) is 2. The number of fused-ring (bicyclic) bond motifs is 1. The number of benzene rings is 1. The molecule has 2 rings (SSSR count). The first kappa shape index (κ1) is 7.67. The molecule has 0 unspecified atom stereocenters. The van der Waals surface area contributed by atoms with Gasteiger partial charge in [0.2, 0.25) is 0 Å². The van der Waals surface area contributed by atoms with Crippen molar-refractivity contribution < 1.29 is 9.52 Å². The van der Waals surface area contributed by atoms with Gasteiger partial charge in [-0.3, -0.25) is 0 Å². The van der Waals surface area contributed by atoms with Crippen molar-refractivity contribution in [2.75, 3.05) is 5.73 Å². The topological polar surface area (TPSA) is 76.5 Å². The number of hydrogen-bond acceptors (Lipinski definition) is 4. The van der Waals surface area contributed by atoms with Crippen molar-refractivity contribution in [3.63, 3.8) is 0 Å². The van der Waals surface area contributed by atoms with Crippen LogP contribution in [0.25, 0.3) is 11.0 Å². The predicted molar refractivity (Wildman–Crippen MR) is 48.6 cm³/mol. The Balaban J connectivity index is 2.94. The Morgan fingerprint density at radius 3 is 2.85 bits per heavy atom. The molecule has 0 aliphatic carbocycles. The molecule has 0 radical (unpaired) electrons. The van der Waals surface area contributed by atoms with Gasteiger partial charge in [0.25, 0.3) is 0 Å². The van der Waals surface area contributed by atoms with Crippen LogP contribution in [-0.4, -0.2) is 5.11 Å². The van der Waals surface area contributed by atoms with Gasteiger partial charge in [-0.05, 0) is 6.07 Å². The summed E-state index contributed by atoms with van der Waals surface area (Å²) in [6.45, 7) is 0. The molecule has 0 aliphatic rings. The minimum Gasteiger partial charge on any atom is -0.507 e. The highest BCUT2D eigenvalue weighted by Crippen LogP contribution is 2.25. The van der Waals surface area contributed by atoms with E-state index in [2.05, 4.69) is 0 Å². The fourth-order valence-electron chi connectivity index (χ4n) is 1.18. The summed E-state index contributed by atoms with van der Waals surface area (Å²) in [5, 5.41) is 9.88. The Hall–Kier alpha value is -1.97. The van der Waals surface area contributed by atoms with Crippen molar-refractivity contribution in [3.05, 3.63) is 34.7 Å². The maximum Gasteiger partial charge on any atom is 0.336 e. The zero-order valence-electron chi connectivity index (χ0n) is 6.65. The summed E-state index contributed by atoms with van der Waals surface area (Å²) < 4.78 is 4.83. The summed E-state index contributed by atoms with van der Waals surface area (Å²) in [6.07, 6.45) is 0. The van der Waals surface area contributed by atoms with Crippen LogP contribution in [0.5, 0.6) is 5.75 Å². The molecule has 0 atom stereocenters. The lowest BCUT2D eigenvalue weighted by atomic mass is 10.2. The maximum atomic E-state index is 10.8. The van der Waals surface area contributed by atoms with E-state index < -0.39 is 5.63 Å². The summed E-state index contributed by atoms with van der Waals surface area (Å²) in [7, 11) is 0. The van der Waals surface area contributed by atoms with E-state index in [-0.39, 0.29) is 5.75 Å². The molecule has 1 heterocycles. The number of phenolic OH excluding ortho intramolecular Hbond substituents is 1. The van der Waals surface area contributed by atoms with Gasteiger partial charge in [0.15, 0.2) is 0 Å². The molecule has 66 valence electrons. The van der Waals surface area contributed by atoms with Crippen LogP contribution in [0.3, 0.4) is 0 Å². The summed E-state index contributed by atoms with van der Waals surface area (Å²) >= 11 is 0. The molecular weight excluding hydrogens is 170 g/mol. The lowest BCUT2D eigenvalue weighted by Crippen LogP contribution is -1.95. The lowest BCUT2D eigenvalue weighted by Gasteiger charge is -2.00. The maximum absolute atomic E-state index is 10.8. The highest BCUT2D eigenvalue weighted by atomic mass is 16.4. The van der Waals surface area contributed by atoms with Gasteiger partial charge in [0.05, 0.1) is 5.39 Å². The van der Waals surface area contributed by atoms with E-state index in [1.54, 1.807) is 0 Å². The van der Waals surface area contributed by atoms with Gasteiger partial charge in [-0.1, -0.05) is 0 Å². The minimum absolute atomic E-state index is 0.0127. The molecule has 13 heavy (non-hydrogen) atoms. The van der Waals surface area contributed by atoms with E-state index in [0.717, 1.165) is 0 Å². The molecule has 0 spiro atoms. The van der Waals surface area contributed by atoms with Gasteiger partial charge in [-0.2, -0.15) is 0 Å². The average Bonchev–Trinajstić information content (AvgIpc) is 2.02. The molecular formula is C9H7NO3. The second kappa shape index (κ2) is 2.52. The molecule has 2 aromatic rings. The molecule has 4 heteroatoms. The molecule has 0 saturated carbocycles. The van der Waals surface area contributed by atoms with Crippen molar-refractivity contribution in [2.45, 2.75) is 0 Å². The van der Waals surface area contributed by atoms with Crippen LogP contribution in [0.15, 0.2) is 33.5 Å². The van der Waals surface area contributed by atoms with Crippen molar-refractivity contribution in [1.82, 2.24) is 0 Å². The first-order chi connectivity index (χ1) is 6.16. The Labute approximate surface area is 73.2 Å². The van der Waals surface area contributed by atoms with Crippen molar-refractivity contribution in [2.24, 2.45) is 0 Å². The van der Waals surface area contributed by atoms with Crippen LogP contribution >= 0.6 is 0 Å². The number of nitrogen functional groups attached to an aromatic ring is 1. The van der Waals surface area contributed by atoms with E-state index >= 15 is 0 Å². The first-order valence-electron chi connectivity index (χ1n) is 3.69. The second-order valence-corrected chi connectivity index (χ2v) is 2.71. The van der Waals surface area contributed by atoms with Crippen LogP contribution in [0, 0.1) is 0 Å². The Kier molecular flexibility index (Phi) is 1.48. The van der Waals surface area contributed by atoms with Gasteiger partial charge in [-0.15, -0.1) is 0 Å². The van der Waals surface area contributed by atoms with Crippen molar-refractivity contribution >= 4 is 16.7 Å². The summed E-state index contributed by atoms with van der Waals surface area (Å²) in [5.74, 6) is 0.0127. The summed E-state index contributed by atoms with van der Waals surface area (Å²) in [5.41, 5.74) is 5.65. The molecule has 1 aromatic carbocycles. The number of nitrogens with two attached hydrogens (primary N) is 1. The smallest absolute Gasteiger partial charge is 0.336 e.